The molecule has 0 saturated carbocycles. The minimum atomic E-state index is -3.24. The van der Waals surface area contributed by atoms with E-state index in [1.54, 1.807) is 0 Å². The Hall–Kier alpha value is -1.40. The molecule has 2 rings (SSSR count). The normalized spacial score (nSPS) is 20.2. The molecule has 0 aliphatic carbocycles. The van der Waals surface area contributed by atoms with Crippen molar-refractivity contribution in [2.24, 2.45) is 5.92 Å². The number of sulfonamides is 1. The molecule has 25 heavy (non-hydrogen) atoms. The average Bonchev–Trinajstić information content (AvgIpc) is 2.62. The van der Waals surface area contributed by atoms with Crippen LogP contribution >= 0.6 is 0 Å². The lowest BCUT2D eigenvalue weighted by Gasteiger charge is -2.32. The highest BCUT2D eigenvalue weighted by Gasteiger charge is 2.32. The quantitative estimate of drug-likeness (QED) is 0.769. The van der Waals surface area contributed by atoms with Gasteiger partial charge in [0.05, 0.1) is 17.7 Å². The number of nitrogens with one attached hydrogen (secondary N) is 1. The third-order valence-electron chi connectivity index (χ3n) is 4.71. The van der Waals surface area contributed by atoms with Gasteiger partial charge in [-0.1, -0.05) is 50.6 Å². The van der Waals surface area contributed by atoms with E-state index in [0.29, 0.717) is 19.5 Å². The molecule has 1 amide bonds. The Bertz CT molecular complexity index is 646. The fraction of sp³-hybridized carbons (Fsp3) is 0.632. The van der Waals surface area contributed by atoms with Crippen LogP contribution in [0.15, 0.2) is 30.3 Å². The summed E-state index contributed by atoms with van der Waals surface area (Å²) in [5, 5.41) is 3.15. The molecule has 1 aliphatic rings. The highest BCUT2D eigenvalue weighted by molar-refractivity contribution is 7.89. The van der Waals surface area contributed by atoms with Crippen molar-refractivity contribution in [3.8, 4) is 0 Å². The molecule has 6 heteroatoms. The van der Waals surface area contributed by atoms with Crippen molar-refractivity contribution in [3.63, 3.8) is 0 Å². The van der Waals surface area contributed by atoms with Crippen LogP contribution in [0.3, 0.4) is 0 Å². The van der Waals surface area contributed by atoms with Crippen LogP contribution in [0.1, 0.15) is 57.6 Å². The fourth-order valence-corrected chi connectivity index (χ4v) is 4.97. The van der Waals surface area contributed by atoms with Crippen molar-refractivity contribution in [1.82, 2.24) is 9.62 Å². The summed E-state index contributed by atoms with van der Waals surface area (Å²) in [6.07, 6.45) is 3.94. The van der Waals surface area contributed by atoms with Crippen LogP contribution in [0.25, 0.3) is 0 Å². The molecule has 2 unspecified atom stereocenters. The van der Waals surface area contributed by atoms with E-state index in [9.17, 15) is 13.2 Å². The van der Waals surface area contributed by atoms with E-state index in [2.05, 4.69) is 12.2 Å². The van der Waals surface area contributed by atoms with E-state index in [0.717, 1.165) is 31.2 Å². The van der Waals surface area contributed by atoms with Crippen molar-refractivity contribution in [2.75, 3.05) is 18.8 Å². The number of carbonyl (C=O) groups is 1. The molecule has 0 radical (unpaired) electrons. The summed E-state index contributed by atoms with van der Waals surface area (Å²) in [4.78, 5) is 12.8. The van der Waals surface area contributed by atoms with Crippen LogP contribution < -0.4 is 5.32 Å². The number of hydrogen-bond acceptors (Lipinski definition) is 3. The Labute approximate surface area is 151 Å². The maximum Gasteiger partial charge on any atom is 0.224 e. The number of nitrogens with zero attached hydrogens (tertiary/aromatic N) is 1. The smallest absolute Gasteiger partial charge is 0.224 e. The molecular weight excluding hydrogens is 336 g/mol. The first-order valence-corrected chi connectivity index (χ1v) is 10.9. The Balaban J connectivity index is 2.03. The summed E-state index contributed by atoms with van der Waals surface area (Å²) in [7, 11) is -3.24. The number of amides is 1. The molecule has 0 bridgehead atoms. The predicted octanol–water partition coefficient (Wildman–Crippen LogP) is 3.10. The molecule has 5 nitrogen and oxygen atoms in total. The summed E-state index contributed by atoms with van der Waals surface area (Å²) in [5.41, 5.74) is 1.10. The van der Waals surface area contributed by atoms with Crippen molar-refractivity contribution < 1.29 is 13.2 Å². The second-order valence-electron chi connectivity index (χ2n) is 6.77. The van der Waals surface area contributed by atoms with Gasteiger partial charge in [0.15, 0.2) is 0 Å². The minimum Gasteiger partial charge on any atom is -0.349 e. The summed E-state index contributed by atoms with van der Waals surface area (Å²) in [6.45, 7) is 4.80. The largest absolute Gasteiger partial charge is 0.349 e. The van der Waals surface area contributed by atoms with Crippen LogP contribution in [0, 0.1) is 5.92 Å². The molecule has 1 N–H and O–H groups in total. The molecule has 1 aliphatic heterocycles. The number of hydrogen-bond donors (Lipinski definition) is 1. The molecule has 2 atom stereocenters. The van der Waals surface area contributed by atoms with Gasteiger partial charge in [-0.15, -0.1) is 0 Å². The Kier molecular flexibility index (Phi) is 7.44. The second-order valence-corrected chi connectivity index (χ2v) is 8.86. The van der Waals surface area contributed by atoms with Gasteiger partial charge in [0.2, 0.25) is 15.9 Å². The van der Waals surface area contributed by atoms with Crippen LogP contribution in [0.4, 0.5) is 0 Å². The standard InChI is InChI=1S/C19H30N2O3S/c1-3-9-18(16-10-6-5-7-11-16)20-19(22)17-12-8-13-21(15-17)25(23,24)14-4-2/h5-7,10-11,17-18H,3-4,8-9,12-15H2,1-2H3,(H,20,22). The monoisotopic (exact) mass is 366 g/mol. The van der Waals surface area contributed by atoms with Gasteiger partial charge in [-0.3, -0.25) is 4.79 Å². The lowest BCUT2D eigenvalue weighted by Crippen LogP contribution is -2.46. The van der Waals surface area contributed by atoms with E-state index >= 15 is 0 Å². The molecule has 1 fully saturated rings. The number of rotatable bonds is 8. The van der Waals surface area contributed by atoms with Gasteiger partial charge >= 0.3 is 0 Å². The minimum absolute atomic E-state index is 0.0127. The first-order valence-electron chi connectivity index (χ1n) is 9.31. The third kappa shape index (κ3) is 5.54. The van der Waals surface area contributed by atoms with Crippen molar-refractivity contribution in [3.05, 3.63) is 35.9 Å². The van der Waals surface area contributed by atoms with E-state index < -0.39 is 10.0 Å². The molecular formula is C19H30N2O3S. The van der Waals surface area contributed by atoms with Crippen molar-refractivity contribution in [2.45, 2.75) is 52.0 Å². The Morgan fingerprint density at radius 1 is 1.24 bits per heavy atom. The van der Waals surface area contributed by atoms with Crippen LogP contribution in [-0.4, -0.2) is 37.5 Å². The molecule has 0 aromatic heterocycles. The second kappa shape index (κ2) is 9.34. The third-order valence-corrected chi connectivity index (χ3v) is 6.75. The van der Waals surface area contributed by atoms with Gasteiger partial charge in [-0.2, -0.15) is 0 Å². The molecule has 140 valence electrons. The fourth-order valence-electron chi connectivity index (χ4n) is 3.38. The van der Waals surface area contributed by atoms with Gasteiger partial charge in [0, 0.05) is 13.1 Å². The zero-order valence-electron chi connectivity index (χ0n) is 15.3. The molecule has 1 aromatic carbocycles. The highest BCUT2D eigenvalue weighted by Crippen LogP contribution is 2.23. The van der Waals surface area contributed by atoms with Crippen LogP contribution in [-0.2, 0) is 14.8 Å². The van der Waals surface area contributed by atoms with Gasteiger partial charge in [-0.25, -0.2) is 12.7 Å². The lowest BCUT2D eigenvalue weighted by atomic mass is 9.96. The highest BCUT2D eigenvalue weighted by atomic mass is 32.2. The SMILES string of the molecule is CCCC(NC(=O)C1CCCN(S(=O)(=O)CCC)C1)c1ccccc1. The van der Waals surface area contributed by atoms with Crippen molar-refractivity contribution in [1.29, 1.82) is 0 Å². The summed E-state index contributed by atoms with van der Waals surface area (Å²) < 4.78 is 26.1. The summed E-state index contributed by atoms with van der Waals surface area (Å²) in [5.74, 6) is -0.133. The van der Waals surface area contributed by atoms with Gasteiger partial charge in [-0.05, 0) is 31.2 Å². The maximum absolute atomic E-state index is 12.8. The predicted molar refractivity (Wildman–Crippen MR) is 101 cm³/mol. The zero-order chi connectivity index (χ0) is 18.3. The summed E-state index contributed by atoms with van der Waals surface area (Å²) >= 11 is 0. The average molecular weight is 367 g/mol. The number of piperidine rings is 1. The zero-order valence-corrected chi connectivity index (χ0v) is 16.1. The number of benzene rings is 1. The van der Waals surface area contributed by atoms with E-state index in [1.807, 2.05) is 37.3 Å². The van der Waals surface area contributed by atoms with E-state index in [-0.39, 0.29) is 23.6 Å². The van der Waals surface area contributed by atoms with Crippen LogP contribution in [0.2, 0.25) is 0 Å². The first kappa shape index (κ1) is 19.9. The topological polar surface area (TPSA) is 66.5 Å². The van der Waals surface area contributed by atoms with Gasteiger partial charge in [0.1, 0.15) is 0 Å². The molecule has 0 spiro atoms. The van der Waals surface area contributed by atoms with Gasteiger partial charge < -0.3 is 5.32 Å². The first-order chi connectivity index (χ1) is 12.0. The molecule has 1 aromatic rings. The number of carbonyl (C=O) groups excluding carboxylic acids is 1. The Morgan fingerprint density at radius 2 is 1.96 bits per heavy atom. The van der Waals surface area contributed by atoms with Gasteiger partial charge in [0.25, 0.3) is 0 Å². The summed E-state index contributed by atoms with van der Waals surface area (Å²) in [6, 6.07) is 9.96. The van der Waals surface area contributed by atoms with Crippen LogP contribution in [0.5, 0.6) is 0 Å². The molecule has 1 saturated heterocycles. The lowest BCUT2D eigenvalue weighted by molar-refractivity contribution is -0.126. The Morgan fingerprint density at radius 3 is 2.60 bits per heavy atom. The maximum atomic E-state index is 12.8. The van der Waals surface area contributed by atoms with E-state index in [4.69, 9.17) is 0 Å². The van der Waals surface area contributed by atoms with Crippen molar-refractivity contribution >= 4 is 15.9 Å². The van der Waals surface area contributed by atoms with E-state index in [1.165, 1.54) is 4.31 Å². The molecule has 1 heterocycles.